The molecule has 0 radical (unpaired) electrons. The quantitative estimate of drug-likeness (QED) is 0.0441. The first-order chi connectivity index (χ1) is 25.0. The van der Waals surface area contributed by atoms with Gasteiger partial charge in [0.1, 0.15) is 0 Å². The van der Waals surface area contributed by atoms with Crippen LogP contribution in [0.5, 0.6) is 17.2 Å². The highest BCUT2D eigenvalue weighted by Gasteiger charge is 2.24. The van der Waals surface area contributed by atoms with Gasteiger partial charge < -0.3 is 14.2 Å². The van der Waals surface area contributed by atoms with Crippen molar-refractivity contribution in [1.82, 2.24) is 0 Å². The summed E-state index contributed by atoms with van der Waals surface area (Å²) in [7, 11) is 0. The Labute approximate surface area is 310 Å². The van der Waals surface area contributed by atoms with Crippen LogP contribution in [0.3, 0.4) is 0 Å². The standard InChI is InChI=1S/C45H70O6/c1-4-6-8-10-12-14-16-17-18-19-20-22-24-26-31-35-42(47)50-41-37-36-39(32-28-25-23-21-15-13-11-9-7-5-2)43(49-38(3)46)44(41)51-45(48)40-33-29-27-30-34-40/h27,29-30,33-34,36-37H,4-26,28,31-32,35H2,1-3H3. The first kappa shape index (κ1) is 44.0. The average Bonchev–Trinajstić information content (AvgIpc) is 3.12. The van der Waals surface area contributed by atoms with Crippen LogP contribution in [0.25, 0.3) is 0 Å². The number of unbranched alkanes of at least 4 members (excludes halogenated alkanes) is 23. The summed E-state index contributed by atoms with van der Waals surface area (Å²) in [6.45, 7) is 5.83. The van der Waals surface area contributed by atoms with Crippen molar-refractivity contribution in [3.63, 3.8) is 0 Å². The van der Waals surface area contributed by atoms with Crippen LogP contribution in [-0.4, -0.2) is 17.9 Å². The predicted molar refractivity (Wildman–Crippen MR) is 210 cm³/mol. The number of hydrogen-bond acceptors (Lipinski definition) is 6. The van der Waals surface area contributed by atoms with E-state index < -0.39 is 17.9 Å². The molecule has 2 aromatic carbocycles. The van der Waals surface area contributed by atoms with Crippen LogP contribution in [0.15, 0.2) is 42.5 Å². The fourth-order valence-corrected chi connectivity index (χ4v) is 6.56. The summed E-state index contributed by atoms with van der Waals surface area (Å²) in [6.07, 6.45) is 31.9. The summed E-state index contributed by atoms with van der Waals surface area (Å²) in [5, 5.41) is 0. The number of benzene rings is 2. The average molecular weight is 707 g/mol. The lowest BCUT2D eigenvalue weighted by atomic mass is 10.0. The molecule has 6 heteroatoms. The molecule has 51 heavy (non-hydrogen) atoms. The Morgan fingerprint density at radius 2 is 0.922 bits per heavy atom. The van der Waals surface area contributed by atoms with Crippen molar-refractivity contribution in [3.8, 4) is 17.2 Å². The Morgan fingerprint density at radius 1 is 0.471 bits per heavy atom. The topological polar surface area (TPSA) is 78.9 Å². The molecule has 0 aliphatic heterocycles. The molecule has 0 N–H and O–H groups in total. The van der Waals surface area contributed by atoms with Crippen LogP contribution in [0.2, 0.25) is 0 Å². The Hall–Kier alpha value is -3.15. The van der Waals surface area contributed by atoms with Gasteiger partial charge in [-0.15, -0.1) is 0 Å². The highest BCUT2D eigenvalue weighted by Crippen LogP contribution is 2.42. The molecule has 0 atom stereocenters. The van der Waals surface area contributed by atoms with Gasteiger partial charge in [0, 0.05) is 13.3 Å². The first-order valence-corrected chi connectivity index (χ1v) is 20.8. The maximum absolute atomic E-state index is 13.2. The maximum atomic E-state index is 13.2. The molecular formula is C45H70O6. The van der Waals surface area contributed by atoms with E-state index in [0.717, 1.165) is 44.1 Å². The van der Waals surface area contributed by atoms with Crippen LogP contribution < -0.4 is 14.2 Å². The van der Waals surface area contributed by atoms with Gasteiger partial charge in [-0.25, -0.2) is 4.79 Å². The van der Waals surface area contributed by atoms with Crippen molar-refractivity contribution in [1.29, 1.82) is 0 Å². The molecule has 0 amide bonds. The summed E-state index contributed by atoms with van der Waals surface area (Å²) in [5.74, 6) is -1.31. The highest BCUT2D eigenvalue weighted by molar-refractivity contribution is 5.92. The number of carbonyl (C=O) groups excluding carboxylic acids is 3. The number of rotatable bonds is 31. The molecule has 0 unspecified atom stereocenters. The van der Waals surface area contributed by atoms with Crippen molar-refractivity contribution in [3.05, 3.63) is 53.6 Å². The third-order valence-electron chi connectivity index (χ3n) is 9.62. The molecule has 0 heterocycles. The van der Waals surface area contributed by atoms with E-state index in [1.807, 2.05) is 12.1 Å². The lowest BCUT2D eigenvalue weighted by Gasteiger charge is -2.17. The molecule has 0 aliphatic carbocycles. The molecule has 0 aromatic heterocycles. The molecule has 286 valence electrons. The fourth-order valence-electron chi connectivity index (χ4n) is 6.56. The van der Waals surface area contributed by atoms with E-state index in [1.165, 1.54) is 129 Å². The molecule has 0 saturated carbocycles. The smallest absolute Gasteiger partial charge is 0.343 e. The molecule has 0 aliphatic rings. The van der Waals surface area contributed by atoms with Gasteiger partial charge in [0.25, 0.3) is 0 Å². The molecular weight excluding hydrogens is 636 g/mol. The van der Waals surface area contributed by atoms with Crippen molar-refractivity contribution < 1.29 is 28.6 Å². The maximum Gasteiger partial charge on any atom is 0.343 e. The molecule has 0 bridgehead atoms. The van der Waals surface area contributed by atoms with Crippen LogP contribution in [0.4, 0.5) is 0 Å². The molecule has 2 rings (SSSR count). The Bertz CT molecular complexity index is 1210. The first-order valence-electron chi connectivity index (χ1n) is 20.8. The van der Waals surface area contributed by atoms with Gasteiger partial charge in [-0.3, -0.25) is 9.59 Å². The monoisotopic (exact) mass is 707 g/mol. The van der Waals surface area contributed by atoms with Crippen molar-refractivity contribution in [2.24, 2.45) is 0 Å². The summed E-state index contributed by atoms with van der Waals surface area (Å²) < 4.78 is 17.3. The number of carbonyl (C=O) groups is 3. The van der Waals surface area contributed by atoms with Crippen molar-refractivity contribution in [2.75, 3.05) is 0 Å². The SMILES string of the molecule is CCCCCCCCCCCCCCCCCC(=O)Oc1ccc(CCCCCCCCCCCC)c(OC(C)=O)c1OC(=O)c1ccccc1. The summed E-state index contributed by atoms with van der Waals surface area (Å²) >= 11 is 0. The molecule has 0 fully saturated rings. The number of esters is 3. The van der Waals surface area contributed by atoms with Crippen LogP contribution in [0, 0.1) is 0 Å². The van der Waals surface area contributed by atoms with E-state index in [2.05, 4.69) is 13.8 Å². The molecule has 6 nitrogen and oxygen atoms in total. The zero-order valence-corrected chi connectivity index (χ0v) is 32.6. The van der Waals surface area contributed by atoms with Gasteiger partial charge in [0.05, 0.1) is 5.56 Å². The number of ether oxygens (including phenoxy) is 3. The minimum Gasteiger partial charge on any atom is -0.422 e. The Balaban J connectivity index is 1.88. The molecule has 0 spiro atoms. The molecule has 0 saturated heterocycles. The van der Waals surface area contributed by atoms with E-state index in [9.17, 15) is 14.4 Å². The van der Waals surface area contributed by atoms with E-state index in [1.54, 1.807) is 30.3 Å². The van der Waals surface area contributed by atoms with Crippen molar-refractivity contribution >= 4 is 17.9 Å². The predicted octanol–water partition coefficient (Wildman–Crippen LogP) is 13.5. The zero-order valence-electron chi connectivity index (χ0n) is 32.6. The van der Waals surface area contributed by atoms with Gasteiger partial charge in [-0.1, -0.05) is 186 Å². The van der Waals surface area contributed by atoms with Crippen LogP contribution in [0.1, 0.15) is 204 Å². The van der Waals surface area contributed by atoms with E-state index in [4.69, 9.17) is 14.2 Å². The Morgan fingerprint density at radius 3 is 1.39 bits per heavy atom. The third-order valence-corrected chi connectivity index (χ3v) is 9.62. The van der Waals surface area contributed by atoms with Gasteiger partial charge in [-0.2, -0.15) is 0 Å². The second-order valence-corrected chi connectivity index (χ2v) is 14.3. The zero-order chi connectivity index (χ0) is 36.8. The number of aryl methyl sites for hydroxylation is 1. The van der Waals surface area contributed by atoms with Crippen LogP contribution in [-0.2, 0) is 16.0 Å². The van der Waals surface area contributed by atoms with Gasteiger partial charge in [0.2, 0.25) is 5.75 Å². The van der Waals surface area contributed by atoms with Gasteiger partial charge in [-0.05, 0) is 43.0 Å². The lowest BCUT2D eigenvalue weighted by molar-refractivity contribution is -0.134. The Kier molecular flexibility index (Phi) is 25.4. The van der Waals surface area contributed by atoms with E-state index in [0.29, 0.717) is 12.0 Å². The summed E-state index contributed by atoms with van der Waals surface area (Å²) in [6, 6.07) is 12.1. The van der Waals surface area contributed by atoms with E-state index >= 15 is 0 Å². The fraction of sp³-hybridized carbons (Fsp3) is 0.667. The summed E-state index contributed by atoms with van der Waals surface area (Å²) in [5.41, 5.74) is 1.10. The minimum atomic E-state index is -0.611. The summed E-state index contributed by atoms with van der Waals surface area (Å²) in [4.78, 5) is 38.4. The highest BCUT2D eigenvalue weighted by atomic mass is 16.6. The lowest BCUT2D eigenvalue weighted by Crippen LogP contribution is -2.15. The van der Waals surface area contributed by atoms with Crippen molar-refractivity contribution in [2.45, 2.75) is 194 Å². The number of hydrogen-bond donors (Lipinski definition) is 0. The normalized spacial score (nSPS) is 11.0. The second-order valence-electron chi connectivity index (χ2n) is 14.3. The van der Waals surface area contributed by atoms with Crippen LogP contribution >= 0.6 is 0 Å². The third kappa shape index (κ3) is 21.1. The second kappa shape index (κ2) is 29.4. The van der Waals surface area contributed by atoms with Gasteiger partial charge >= 0.3 is 17.9 Å². The minimum absolute atomic E-state index is 0.0199. The van der Waals surface area contributed by atoms with E-state index in [-0.39, 0.29) is 23.7 Å². The largest absolute Gasteiger partial charge is 0.422 e. The van der Waals surface area contributed by atoms with Gasteiger partial charge in [0.15, 0.2) is 11.5 Å². The molecule has 2 aromatic rings.